The lowest BCUT2D eigenvalue weighted by Gasteiger charge is -2.30. The van der Waals surface area contributed by atoms with Crippen molar-refractivity contribution < 1.29 is 31.1 Å². The Bertz CT molecular complexity index is 1610. The van der Waals surface area contributed by atoms with Gasteiger partial charge in [0, 0.05) is 17.8 Å². The van der Waals surface area contributed by atoms with Crippen molar-refractivity contribution in [3.63, 3.8) is 0 Å². The predicted molar refractivity (Wildman–Crippen MR) is 142 cm³/mol. The second-order valence-corrected chi connectivity index (χ2v) is 10.2. The fourth-order valence-electron chi connectivity index (χ4n) is 5.62. The van der Waals surface area contributed by atoms with Crippen molar-refractivity contribution in [2.24, 2.45) is 0 Å². The average molecular weight is 589 g/mol. The summed E-state index contributed by atoms with van der Waals surface area (Å²) in [6.45, 7) is -1.85. The fraction of sp³-hybridized carbons (Fsp3) is 0.333. The Balaban J connectivity index is 1.54. The largest absolute Gasteiger partial charge is 0.418 e. The van der Waals surface area contributed by atoms with Gasteiger partial charge in [-0.1, -0.05) is 18.2 Å². The van der Waals surface area contributed by atoms with Crippen LogP contribution in [0.2, 0.25) is 0 Å². The van der Waals surface area contributed by atoms with Crippen molar-refractivity contribution >= 4 is 0 Å². The van der Waals surface area contributed by atoms with E-state index in [0.717, 1.165) is 22.4 Å². The fourth-order valence-corrected chi connectivity index (χ4v) is 5.62. The summed E-state index contributed by atoms with van der Waals surface area (Å²) >= 11 is 0. The molecule has 0 saturated heterocycles. The summed E-state index contributed by atoms with van der Waals surface area (Å²) < 4.78 is 86.6. The van der Waals surface area contributed by atoms with Gasteiger partial charge >= 0.3 is 12.8 Å². The van der Waals surface area contributed by atoms with Crippen LogP contribution >= 0.6 is 0 Å². The minimum Gasteiger partial charge on any atom is -0.417 e. The van der Waals surface area contributed by atoms with Gasteiger partial charge in [0.2, 0.25) is 5.88 Å². The van der Waals surface area contributed by atoms with E-state index in [4.69, 9.17) is 0 Å². The summed E-state index contributed by atoms with van der Waals surface area (Å²) in [5, 5.41) is 4.26. The van der Waals surface area contributed by atoms with Crippen LogP contribution < -0.4 is 10.3 Å². The van der Waals surface area contributed by atoms with Crippen LogP contribution in [0.15, 0.2) is 65.6 Å². The molecule has 6 nitrogen and oxygen atoms in total. The first-order chi connectivity index (χ1) is 20.0. The molecule has 1 fully saturated rings. The van der Waals surface area contributed by atoms with Gasteiger partial charge in [-0.3, -0.25) is 9.78 Å². The zero-order valence-corrected chi connectivity index (χ0v) is 22.4. The first-order valence-corrected chi connectivity index (χ1v) is 13.3. The van der Waals surface area contributed by atoms with Gasteiger partial charge in [-0.25, -0.2) is 14.1 Å². The van der Waals surface area contributed by atoms with Gasteiger partial charge < -0.3 is 4.74 Å². The summed E-state index contributed by atoms with van der Waals surface area (Å²) in [4.78, 5) is 21.6. The Morgan fingerprint density at radius 1 is 0.976 bits per heavy atom. The van der Waals surface area contributed by atoms with Crippen LogP contribution in [-0.2, 0) is 12.7 Å². The highest BCUT2D eigenvalue weighted by molar-refractivity contribution is 5.55. The van der Waals surface area contributed by atoms with E-state index in [-0.39, 0.29) is 34.9 Å². The smallest absolute Gasteiger partial charge is 0.417 e. The first kappa shape index (κ1) is 29.3. The molecule has 1 aliphatic rings. The third kappa shape index (κ3) is 6.32. The molecule has 3 aromatic heterocycles. The summed E-state index contributed by atoms with van der Waals surface area (Å²) in [5.74, 6) is -0.993. The van der Waals surface area contributed by atoms with Crippen LogP contribution in [0.25, 0.3) is 11.4 Å². The topological polar surface area (TPSA) is 69.9 Å². The van der Waals surface area contributed by atoms with Crippen molar-refractivity contribution in [3.05, 3.63) is 105 Å². The molecule has 0 spiro atoms. The molecule has 0 N–H and O–H groups in total. The summed E-state index contributed by atoms with van der Waals surface area (Å²) in [5.41, 5.74) is -0.00510. The van der Waals surface area contributed by atoms with Gasteiger partial charge in [0.25, 0.3) is 5.56 Å². The zero-order valence-electron chi connectivity index (χ0n) is 22.4. The van der Waals surface area contributed by atoms with Gasteiger partial charge in [0.05, 0.1) is 23.5 Å². The standard InChI is InChI=1S/C30H26F6N4O2/c1-17-5-2-7-22(31)27(17)19-12-10-18(11-13-19)20-15-24(23-8-3-9-26(38-23)42-29(32)33)39-40(28(20)41)16-25-21(30(34,35)36)6-4-14-37-25/h2-9,14-15,18-19,29H,10-13,16H2,1H3. The monoisotopic (exact) mass is 588 g/mol. The molecule has 0 unspecified atom stereocenters. The molecule has 1 saturated carbocycles. The van der Waals surface area contributed by atoms with Crippen LogP contribution in [0.5, 0.6) is 5.88 Å². The van der Waals surface area contributed by atoms with E-state index in [1.807, 2.05) is 13.0 Å². The number of benzene rings is 1. The van der Waals surface area contributed by atoms with E-state index >= 15 is 0 Å². The summed E-state index contributed by atoms with van der Waals surface area (Å²) in [7, 11) is 0. The zero-order chi connectivity index (χ0) is 30.0. The minimum absolute atomic E-state index is 0.0429. The molecule has 12 heteroatoms. The lowest BCUT2D eigenvalue weighted by Crippen LogP contribution is -2.31. The highest BCUT2D eigenvalue weighted by Crippen LogP contribution is 2.42. The van der Waals surface area contributed by atoms with Crippen molar-refractivity contribution in [1.29, 1.82) is 0 Å². The number of nitrogens with zero attached hydrogens (tertiary/aromatic N) is 4. The molecule has 42 heavy (non-hydrogen) atoms. The quantitative estimate of drug-likeness (QED) is 0.213. The van der Waals surface area contributed by atoms with E-state index < -0.39 is 36.1 Å². The highest BCUT2D eigenvalue weighted by Gasteiger charge is 2.34. The average Bonchev–Trinajstić information content (AvgIpc) is 2.94. The number of rotatable bonds is 7. The lowest BCUT2D eigenvalue weighted by molar-refractivity contribution is -0.138. The maximum absolute atomic E-state index is 14.6. The molecule has 0 radical (unpaired) electrons. The van der Waals surface area contributed by atoms with E-state index in [9.17, 15) is 31.1 Å². The van der Waals surface area contributed by atoms with Crippen LogP contribution in [0.3, 0.4) is 0 Å². The van der Waals surface area contributed by atoms with Crippen LogP contribution in [0.4, 0.5) is 26.3 Å². The first-order valence-electron chi connectivity index (χ1n) is 13.3. The Morgan fingerprint density at radius 2 is 1.69 bits per heavy atom. The van der Waals surface area contributed by atoms with Crippen molar-refractivity contribution in [1.82, 2.24) is 19.7 Å². The second kappa shape index (κ2) is 11.9. The molecule has 5 rings (SSSR count). The molecule has 0 bridgehead atoms. The maximum Gasteiger partial charge on any atom is 0.418 e. The number of pyridine rings is 2. The number of hydrogen-bond acceptors (Lipinski definition) is 5. The molecule has 0 amide bonds. The molecular formula is C30H26F6N4O2. The van der Waals surface area contributed by atoms with E-state index in [2.05, 4.69) is 19.8 Å². The molecule has 3 heterocycles. The van der Waals surface area contributed by atoms with Crippen LogP contribution in [-0.4, -0.2) is 26.4 Å². The molecule has 0 atom stereocenters. The minimum atomic E-state index is -4.71. The van der Waals surface area contributed by atoms with Crippen LogP contribution in [0, 0.1) is 12.7 Å². The third-order valence-electron chi connectivity index (χ3n) is 7.54. The van der Waals surface area contributed by atoms with Gasteiger partial charge in [-0.15, -0.1) is 0 Å². The van der Waals surface area contributed by atoms with Gasteiger partial charge in [0.1, 0.15) is 11.5 Å². The predicted octanol–water partition coefficient (Wildman–Crippen LogP) is 7.26. The molecule has 4 aromatic rings. The number of ether oxygens (including phenoxy) is 1. The number of alkyl halides is 5. The Morgan fingerprint density at radius 3 is 2.38 bits per heavy atom. The molecular weight excluding hydrogens is 562 g/mol. The SMILES string of the molecule is Cc1cccc(F)c1C1CCC(c2cc(-c3cccc(OC(F)F)n3)nn(Cc3ncccc3C(F)(F)F)c2=O)CC1. The molecule has 1 aliphatic carbocycles. The van der Waals surface area contributed by atoms with Crippen LogP contribution in [0.1, 0.15) is 65.5 Å². The number of aromatic nitrogens is 4. The number of halogens is 6. The van der Waals surface area contributed by atoms with Crippen molar-refractivity contribution in [3.8, 4) is 17.3 Å². The van der Waals surface area contributed by atoms with E-state index in [0.29, 0.717) is 36.8 Å². The second-order valence-electron chi connectivity index (χ2n) is 10.2. The summed E-state index contributed by atoms with van der Waals surface area (Å²) in [6.07, 6.45) is -1.28. The Labute approximate surface area is 237 Å². The van der Waals surface area contributed by atoms with Gasteiger partial charge in [-0.2, -0.15) is 27.1 Å². The normalized spacial score (nSPS) is 17.4. The lowest BCUT2D eigenvalue weighted by atomic mass is 9.75. The Hall–Kier alpha value is -4.22. The number of hydrogen-bond donors (Lipinski definition) is 0. The van der Waals surface area contributed by atoms with E-state index in [1.54, 1.807) is 6.07 Å². The summed E-state index contributed by atoms with van der Waals surface area (Å²) in [6, 6.07) is 12.6. The van der Waals surface area contributed by atoms with Gasteiger partial charge in [-0.05, 0) is 85.9 Å². The third-order valence-corrected chi connectivity index (χ3v) is 7.54. The molecule has 0 aliphatic heterocycles. The molecule has 220 valence electrons. The van der Waals surface area contributed by atoms with Gasteiger partial charge in [0.15, 0.2) is 0 Å². The van der Waals surface area contributed by atoms with Crippen molar-refractivity contribution in [2.45, 2.75) is 63.8 Å². The van der Waals surface area contributed by atoms with Crippen molar-refractivity contribution in [2.75, 3.05) is 0 Å². The Kier molecular flexibility index (Phi) is 8.33. The highest BCUT2D eigenvalue weighted by atomic mass is 19.4. The maximum atomic E-state index is 14.6. The van der Waals surface area contributed by atoms with E-state index in [1.165, 1.54) is 36.5 Å². The number of aryl methyl sites for hydroxylation is 1. The molecule has 1 aromatic carbocycles.